The minimum atomic E-state index is 0. The van der Waals surface area contributed by atoms with Gasteiger partial charge in [-0.15, -0.1) is 34.2 Å². The normalized spacial score (nSPS) is 16.2. The number of rotatable bonds is 8. The van der Waals surface area contributed by atoms with Crippen LogP contribution < -0.4 is 10.6 Å². The van der Waals surface area contributed by atoms with E-state index in [4.69, 9.17) is 4.74 Å². The molecule has 1 unspecified atom stereocenters. The summed E-state index contributed by atoms with van der Waals surface area (Å²) in [5.74, 6) is 1.86. The zero-order valence-corrected chi connectivity index (χ0v) is 19.1. The first-order valence-electron chi connectivity index (χ1n) is 9.77. The molecule has 0 saturated heterocycles. The zero-order chi connectivity index (χ0) is 18.9. The van der Waals surface area contributed by atoms with Crippen LogP contribution in [0.1, 0.15) is 30.3 Å². The van der Waals surface area contributed by atoms with Crippen LogP contribution in [0.3, 0.4) is 0 Å². The van der Waals surface area contributed by atoms with Gasteiger partial charge in [-0.05, 0) is 30.4 Å². The number of benzene rings is 1. The number of aromatic nitrogens is 3. The van der Waals surface area contributed by atoms with Gasteiger partial charge in [0.05, 0.1) is 13.2 Å². The lowest BCUT2D eigenvalue weighted by Crippen LogP contribution is -2.46. The van der Waals surface area contributed by atoms with Crippen molar-refractivity contribution in [2.45, 2.75) is 45.2 Å². The highest BCUT2D eigenvalue weighted by molar-refractivity contribution is 14.0. The lowest BCUT2D eigenvalue weighted by Gasteiger charge is -2.27. The Morgan fingerprint density at radius 1 is 1.32 bits per heavy atom. The molecule has 1 aromatic carbocycles. The van der Waals surface area contributed by atoms with Crippen molar-refractivity contribution in [1.29, 1.82) is 0 Å². The number of halogens is 1. The number of aliphatic imine (C=N–C) groups is 1. The van der Waals surface area contributed by atoms with E-state index in [-0.39, 0.29) is 24.0 Å². The van der Waals surface area contributed by atoms with Crippen molar-refractivity contribution in [3.63, 3.8) is 0 Å². The molecule has 3 rings (SSSR count). The van der Waals surface area contributed by atoms with Crippen molar-refractivity contribution in [3.05, 3.63) is 47.5 Å². The average Bonchev–Trinajstić information content (AvgIpc) is 3.15. The highest BCUT2D eigenvalue weighted by atomic mass is 127. The quantitative estimate of drug-likeness (QED) is 0.253. The smallest absolute Gasteiger partial charge is 0.191 e. The Labute approximate surface area is 184 Å². The fraction of sp³-hybridized carbons (Fsp3) is 0.550. The van der Waals surface area contributed by atoms with E-state index in [1.807, 2.05) is 0 Å². The van der Waals surface area contributed by atoms with Gasteiger partial charge in [0.15, 0.2) is 5.96 Å². The van der Waals surface area contributed by atoms with Crippen LogP contribution in [0.2, 0.25) is 0 Å². The second-order valence-corrected chi connectivity index (χ2v) is 6.80. The van der Waals surface area contributed by atoms with Gasteiger partial charge >= 0.3 is 0 Å². The van der Waals surface area contributed by atoms with E-state index < -0.39 is 0 Å². The molecule has 8 heteroatoms. The van der Waals surface area contributed by atoms with E-state index in [0.29, 0.717) is 19.2 Å². The summed E-state index contributed by atoms with van der Waals surface area (Å²) in [7, 11) is 1.70. The van der Waals surface area contributed by atoms with Crippen LogP contribution in [0, 0.1) is 0 Å². The van der Waals surface area contributed by atoms with Gasteiger partial charge in [-0.25, -0.2) is 0 Å². The molecule has 0 aliphatic heterocycles. The highest BCUT2D eigenvalue weighted by Gasteiger charge is 2.19. The predicted octanol–water partition coefficient (Wildman–Crippen LogP) is 2.20. The van der Waals surface area contributed by atoms with E-state index in [2.05, 4.69) is 61.6 Å². The van der Waals surface area contributed by atoms with Gasteiger partial charge in [0.25, 0.3) is 0 Å². The molecule has 1 aliphatic rings. The topological polar surface area (TPSA) is 76.4 Å². The average molecular weight is 498 g/mol. The summed E-state index contributed by atoms with van der Waals surface area (Å²) in [4.78, 5) is 4.65. The molecule has 0 saturated carbocycles. The van der Waals surface area contributed by atoms with Crippen LogP contribution in [0.15, 0.2) is 35.6 Å². The first kappa shape index (κ1) is 22.6. The minimum absolute atomic E-state index is 0. The second-order valence-electron chi connectivity index (χ2n) is 6.80. The number of aryl methyl sites for hydroxylation is 2. The Morgan fingerprint density at radius 2 is 2.14 bits per heavy atom. The van der Waals surface area contributed by atoms with Crippen molar-refractivity contribution in [3.8, 4) is 0 Å². The third-order valence-corrected chi connectivity index (χ3v) is 4.91. The monoisotopic (exact) mass is 498 g/mol. The highest BCUT2D eigenvalue weighted by Crippen LogP contribution is 2.20. The van der Waals surface area contributed by atoms with Gasteiger partial charge < -0.3 is 19.9 Å². The number of hydrogen-bond acceptors (Lipinski definition) is 4. The van der Waals surface area contributed by atoms with E-state index in [1.165, 1.54) is 11.1 Å². The minimum Gasteiger partial charge on any atom is -0.383 e. The summed E-state index contributed by atoms with van der Waals surface area (Å²) >= 11 is 0. The number of hydrogen-bond donors (Lipinski definition) is 2. The zero-order valence-electron chi connectivity index (χ0n) is 16.7. The summed E-state index contributed by atoms with van der Waals surface area (Å²) in [6.45, 7) is 4.93. The van der Waals surface area contributed by atoms with Gasteiger partial charge in [-0.2, -0.15) is 0 Å². The second kappa shape index (κ2) is 12.0. The SMILES string of the molecule is CCc1nncn1CCNC(=NCCOC)NC1CCc2ccccc2C1.I. The van der Waals surface area contributed by atoms with Gasteiger partial charge in [-0.3, -0.25) is 4.99 Å². The molecule has 0 radical (unpaired) electrons. The molecular weight excluding hydrogens is 467 g/mol. The van der Waals surface area contributed by atoms with Crippen LogP contribution in [0.4, 0.5) is 0 Å². The van der Waals surface area contributed by atoms with Crippen molar-refractivity contribution < 1.29 is 4.74 Å². The maximum absolute atomic E-state index is 5.14. The van der Waals surface area contributed by atoms with Crippen molar-refractivity contribution in [2.75, 3.05) is 26.8 Å². The molecule has 1 heterocycles. The molecule has 0 fully saturated rings. The molecule has 28 heavy (non-hydrogen) atoms. The Morgan fingerprint density at radius 3 is 2.93 bits per heavy atom. The molecule has 1 atom stereocenters. The van der Waals surface area contributed by atoms with E-state index >= 15 is 0 Å². The fourth-order valence-corrected chi connectivity index (χ4v) is 3.45. The van der Waals surface area contributed by atoms with E-state index in [1.54, 1.807) is 13.4 Å². The van der Waals surface area contributed by atoms with Crippen LogP contribution in [0.25, 0.3) is 0 Å². The lowest BCUT2D eigenvalue weighted by atomic mass is 9.88. The number of nitrogens with zero attached hydrogens (tertiary/aromatic N) is 4. The third-order valence-electron chi connectivity index (χ3n) is 4.91. The Bertz CT molecular complexity index is 748. The largest absolute Gasteiger partial charge is 0.383 e. The van der Waals surface area contributed by atoms with Crippen molar-refractivity contribution in [1.82, 2.24) is 25.4 Å². The molecule has 0 amide bonds. The number of methoxy groups -OCH3 is 1. The predicted molar refractivity (Wildman–Crippen MR) is 122 cm³/mol. The van der Waals surface area contributed by atoms with Gasteiger partial charge in [-0.1, -0.05) is 31.2 Å². The molecule has 2 aromatic rings. The van der Waals surface area contributed by atoms with Crippen LogP contribution >= 0.6 is 24.0 Å². The molecular formula is C20H31IN6O. The maximum atomic E-state index is 5.14. The standard InChI is InChI=1S/C20H30N6O.HI/c1-3-19-25-23-15-26(19)12-10-21-20(22-11-13-27-2)24-18-9-8-16-6-4-5-7-17(16)14-18;/h4-7,15,18H,3,8-14H2,1-2H3,(H2,21,22,24);1H. The summed E-state index contributed by atoms with van der Waals surface area (Å²) in [6, 6.07) is 9.12. The number of ether oxygens (including phenoxy) is 1. The first-order chi connectivity index (χ1) is 13.3. The summed E-state index contributed by atoms with van der Waals surface area (Å²) < 4.78 is 7.22. The summed E-state index contributed by atoms with van der Waals surface area (Å²) in [5.41, 5.74) is 2.91. The number of nitrogens with one attached hydrogen (secondary N) is 2. The molecule has 0 bridgehead atoms. The molecule has 1 aromatic heterocycles. The molecule has 154 valence electrons. The van der Waals surface area contributed by atoms with Crippen LogP contribution in [0.5, 0.6) is 0 Å². The first-order valence-corrected chi connectivity index (χ1v) is 9.77. The summed E-state index contributed by atoms with van der Waals surface area (Å²) in [6.07, 6.45) is 5.93. The van der Waals surface area contributed by atoms with Crippen LogP contribution in [-0.4, -0.2) is 53.6 Å². The molecule has 0 spiro atoms. The van der Waals surface area contributed by atoms with Crippen molar-refractivity contribution in [2.24, 2.45) is 4.99 Å². The summed E-state index contributed by atoms with van der Waals surface area (Å²) in [5, 5.41) is 15.2. The van der Waals surface area contributed by atoms with Crippen molar-refractivity contribution >= 4 is 29.9 Å². The van der Waals surface area contributed by atoms with E-state index in [9.17, 15) is 0 Å². The molecule has 1 aliphatic carbocycles. The van der Waals surface area contributed by atoms with Gasteiger partial charge in [0, 0.05) is 32.7 Å². The van der Waals surface area contributed by atoms with Gasteiger partial charge in [0.2, 0.25) is 0 Å². The van der Waals surface area contributed by atoms with E-state index in [0.717, 1.165) is 50.6 Å². The third kappa shape index (κ3) is 6.44. The van der Waals surface area contributed by atoms with Crippen LogP contribution in [-0.2, 0) is 30.5 Å². The fourth-order valence-electron chi connectivity index (χ4n) is 3.45. The lowest BCUT2D eigenvalue weighted by molar-refractivity contribution is 0.208. The number of guanidine groups is 1. The molecule has 7 nitrogen and oxygen atoms in total. The number of fused-ring (bicyclic) bond motifs is 1. The Hall–Kier alpha value is -1.68. The maximum Gasteiger partial charge on any atom is 0.191 e. The molecule has 2 N–H and O–H groups in total. The van der Waals surface area contributed by atoms with Gasteiger partial charge in [0.1, 0.15) is 12.2 Å². The Kier molecular flexibility index (Phi) is 9.69. The Balaban J connectivity index is 0.00000280.